The molecule has 14 heavy (non-hydrogen) atoms. The van der Waals surface area contributed by atoms with E-state index in [1.54, 1.807) is 0 Å². The highest BCUT2D eigenvalue weighted by molar-refractivity contribution is 5.26. The Morgan fingerprint density at radius 3 is 1.86 bits per heavy atom. The second kappa shape index (κ2) is 4.16. The fourth-order valence-corrected chi connectivity index (χ4v) is 2.34. The van der Waals surface area contributed by atoms with Crippen LogP contribution < -0.4 is 0 Å². The lowest BCUT2D eigenvalue weighted by molar-refractivity contribution is 0.331. The highest BCUT2D eigenvalue weighted by Crippen LogP contribution is 2.41. The van der Waals surface area contributed by atoms with E-state index in [1.165, 1.54) is 11.5 Å². The van der Waals surface area contributed by atoms with Crippen LogP contribution in [0.25, 0.3) is 0 Å². The van der Waals surface area contributed by atoms with Crippen LogP contribution in [0.3, 0.4) is 0 Å². The summed E-state index contributed by atoms with van der Waals surface area (Å²) in [6.07, 6.45) is 0. The molecule has 1 atom stereocenters. The quantitative estimate of drug-likeness (QED) is 0.645. The first-order valence-electron chi connectivity index (χ1n) is 5.28. The van der Waals surface area contributed by atoms with Crippen LogP contribution in [0, 0.1) is 11.3 Å². The molecule has 0 fully saturated rings. The van der Waals surface area contributed by atoms with Crippen molar-refractivity contribution in [2.75, 3.05) is 0 Å². The van der Waals surface area contributed by atoms with Crippen LogP contribution in [0.2, 0.25) is 0 Å². The fraction of sp³-hybridized carbons (Fsp3) is 0.500. The lowest BCUT2D eigenvalue weighted by atomic mass is 9.71. The summed E-state index contributed by atoms with van der Waals surface area (Å²) in [5.41, 5.74) is 1.74. The van der Waals surface area contributed by atoms with E-state index in [0.29, 0.717) is 11.3 Å². The Labute approximate surface area is 88.4 Å². The monoisotopic (exact) mass is 189 g/mol. The molecule has 0 saturated carbocycles. The Morgan fingerprint density at radius 1 is 1.00 bits per heavy atom. The Kier molecular flexibility index (Phi) is 3.36. The topological polar surface area (TPSA) is 0 Å². The van der Waals surface area contributed by atoms with Crippen LogP contribution in [-0.4, -0.2) is 0 Å². The van der Waals surface area contributed by atoms with Gasteiger partial charge in [0.2, 0.25) is 0 Å². The summed E-state index contributed by atoms with van der Waals surface area (Å²) < 4.78 is 0. The van der Waals surface area contributed by atoms with Gasteiger partial charge in [-0.1, -0.05) is 65.0 Å². The van der Waals surface area contributed by atoms with Gasteiger partial charge in [-0.15, -0.1) is 0 Å². The van der Waals surface area contributed by atoms with Crippen LogP contribution in [0.4, 0.5) is 0 Å². The minimum Gasteiger partial charge on any atom is -0.0622 e. The SMILES string of the molecule is C[C](C)C(c1ccccc1)C(C)(C)C. The Bertz CT molecular complexity index is 264. The minimum absolute atomic E-state index is 0.306. The van der Waals surface area contributed by atoms with E-state index < -0.39 is 0 Å². The van der Waals surface area contributed by atoms with E-state index >= 15 is 0 Å². The maximum Gasteiger partial charge on any atom is -0.00566 e. The molecule has 1 aromatic rings. The summed E-state index contributed by atoms with van der Waals surface area (Å²) in [5, 5.41) is 0. The molecule has 0 aliphatic carbocycles. The molecule has 0 aromatic heterocycles. The number of rotatable bonds is 2. The number of benzene rings is 1. The normalized spacial score (nSPS) is 14.4. The first-order chi connectivity index (χ1) is 6.43. The van der Waals surface area contributed by atoms with Gasteiger partial charge in [-0.2, -0.15) is 0 Å². The van der Waals surface area contributed by atoms with Crippen molar-refractivity contribution in [1.29, 1.82) is 0 Å². The van der Waals surface area contributed by atoms with Crippen molar-refractivity contribution in [3.05, 3.63) is 41.8 Å². The standard InChI is InChI=1S/C14H21/c1-11(2)13(14(3,4)5)12-9-7-6-8-10-12/h6-10,13H,1-5H3. The van der Waals surface area contributed by atoms with Crippen LogP contribution in [0.5, 0.6) is 0 Å². The van der Waals surface area contributed by atoms with Gasteiger partial charge in [-0.05, 0) is 22.8 Å². The van der Waals surface area contributed by atoms with Crippen molar-refractivity contribution < 1.29 is 0 Å². The third-order valence-corrected chi connectivity index (χ3v) is 2.58. The summed E-state index contributed by atoms with van der Waals surface area (Å²) in [6, 6.07) is 10.8. The maximum atomic E-state index is 2.30. The molecule has 0 heterocycles. The Morgan fingerprint density at radius 2 is 1.50 bits per heavy atom. The van der Waals surface area contributed by atoms with Crippen molar-refractivity contribution >= 4 is 0 Å². The summed E-state index contributed by atoms with van der Waals surface area (Å²) >= 11 is 0. The summed E-state index contributed by atoms with van der Waals surface area (Å²) in [5.74, 6) is 2.05. The van der Waals surface area contributed by atoms with E-state index in [0.717, 1.165) is 0 Å². The Hall–Kier alpha value is -0.780. The average Bonchev–Trinajstić information content (AvgIpc) is 2.02. The maximum absolute atomic E-state index is 2.30. The molecule has 0 aliphatic rings. The first kappa shape index (κ1) is 11.3. The van der Waals surface area contributed by atoms with Crippen molar-refractivity contribution in [2.45, 2.75) is 40.5 Å². The van der Waals surface area contributed by atoms with Crippen LogP contribution in [-0.2, 0) is 0 Å². The molecular weight excluding hydrogens is 168 g/mol. The summed E-state index contributed by atoms with van der Waals surface area (Å²) in [7, 11) is 0. The zero-order chi connectivity index (χ0) is 10.8. The zero-order valence-electron chi connectivity index (χ0n) is 9.96. The molecule has 1 unspecified atom stereocenters. The van der Waals surface area contributed by atoms with Gasteiger partial charge in [0.15, 0.2) is 0 Å². The molecule has 1 aromatic carbocycles. The highest BCUT2D eigenvalue weighted by atomic mass is 14.3. The molecule has 0 bridgehead atoms. The fourth-order valence-electron chi connectivity index (χ4n) is 2.34. The largest absolute Gasteiger partial charge is 0.0622 e. The molecule has 1 rings (SSSR count). The van der Waals surface area contributed by atoms with Gasteiger partial charge >= 0.3 is 0 Å². The summed E-state index contributed by atoms with van der Waals surface area (Å²) in [4.78, 5) is 0. The van der Waals surface area contributed by atoms with E-state index in [1.807, 2.05) is 0 Å². The van der Waals surface area contributed by atoms with Gasteiger partial charge in [0.1, 0.15) is 0 Å². The van der Waals surface area contributed by atoms with Gasteiger partial charge in [0, 0.05) is 0 Å². The molecule has 0 nitrogen and oxygen atoms in total. The van der Waals surface area contributed by atoms with Gasteiger partial charge in [0.05, 0.1) is 0 Å². The van der Waals surface area contributed by atoms with E-state index in [-0.39, 0.29) is 0 Å². The van der Waals surface area contributed by atoms with Gasteiger partial charge in [0.25, 0.3) is 0 Å². The predicted molar refractivity (Wildman–Crippen MR) is 63.2 cm³/mol. The highest BCUT2D eigenvalue weighted by Gasteiger charge is 2.28. The average molecular weight is 189 g/mol. The predicted octanol–water partition coefficient (Wildman–Crippen LogP) is 4.43. The summed E-state index contributed by atoms with van der Waals surface area (Å²) in [6.45, 7) is 11.4. The van der Waals surface area contributed by atoms with Gasteiger partial charge in [-0.3, -0.25) is 0 Å². The smallest absolute Gasteiger partial charge is 0.00566 e. The molecule has 0 heteroatoms. The van der Waals surface area contributed by atoms with E-state index in [2.05, 4.69) is 65.0 Å². The van der Waals surface area contributed by atoms with Crippen molar-refractivity contribution in [1.82, 2.24) is 0 Å². The minimum atomic E-state index is 0.306. The van der Waals surface area contributed by atoms with Crippen molar-refractivity contribution in [3.8, 4) is 0 Å². The first-order valence-corrected chi connectivity index (χ1v) is 5.28. The molecular formula is C14H21. The molecule has 0 amide bonds. The van der Waals surface area contributed by atoms with E-state index in [9.17, 15) is 0 Å². The lowest BCUT2D eigenvalue weighted by Gasteiger charge is -2.34. The lowest BCUT2D eigenvalue weighted by Crippen LogP contribution is -2.22. The van der Waals surface area contributed by atoms with Crippen LogP contribution in [0.15, 0.2) is 30.3 Å². The Balaban J connectivity index is 3.02. The second-order valence-electron chi connectivity index (χ2n) is 5.29. The molecule has 77 valence electrons. The van der Waals surface area contributed by atoms with Crippen molar-refractivity contribution in [2.24, 2.45) is 5.41 Å². The second-order valence-corrected chi connectivity index (χ2v) is 5.29. The van der Waals surface area contributed by atoms with Crippen LogP contribution in [0.1, 0.15) is 46.1 Å². The zero-order valence-corrected chi connectivity index (χ0v) is 9.96. The third-order valence-electron chi connectivity index (χ3n) is 2.58. The molecule has 0 aliphatic heterocycles. The van der Waals surface area contributed by atoms with Gasteiger partial charge < -0.3 is 0 Å². The third kappa shape index (κ3) is 2.60. The molecule has 1 radical (unpaired) electrons. The van der Waals surface area contributed by atoms with Gasteiger partial charge in [-0.25, -0.2) is 0 Å². The number of hydrogen-bond donors (Lipinski definition) is 0. The van der Waals surface area contributed by atoms with Crippen molar-refractivity contribution in [3.63, 3.8) is 0 Å². The molecule has 0 N–H and O–H groups in total. The number of hydrogen-bond acceptors (Lipinski definition) is 0. The molecule has 0 saturated heterocycles. The molecule has 0 spiro atoms. The van der Waals surface area contributed by atoms with Crippen LogP contribution >= 0.6 is 0 Å². The van der Waals surface area contributed by atoms with E-state index in [4.69, 9.17) is 0 Å².